The first-order valence-electron chi connectivity index (χ1n) is 17.4. The number of benzene rings is 4. The number of nitrogens with one attached hydrogen (secondary N) is 2. The summed E-state index contributed by atoms with van der Waals surface area (Å²) in [5.41, 5.74) is -9.05. The zero-order chi connectivity index (χ0) is 42.3. The van der Waals surface area contributed by atoms with E-state index >= 15 is 35.1 Å². The molecule has 0 spiro atoms. The van der Waals surface area contributed by atoms with Gasteiger partial charge in [-0.2, -0.15) is 0 Å². The second-order valence-electron chi connectivity index (χ2n) is 13.4. The van der Waals surface area contributed by atoms with Gasteiger partial charge in [-0.25, -0.2) is 62.7 Å². The van der Waals surface area contributed by atoms with E-state index in [4.69, 9.17) is 0 Å². The fourth-order valence-electron chi connectivity index (χ4n) is 7.28. The monoisotopic (exact) mass is 830 g/mol. The Morgan fingerprint density at radius 1 is 0.250 bits per heavy atom. The van der Waals surface area contributed by atoms with E-state index in [-0.39, 0.29) is 22.1 Å². The van der Waals surface area contributed by atoms with Crippen molar-refractivity contribution in [1.29, 1.82) is 0 Å². The SMILES string of the molecule is Fc1ccc(F)c(-c2c3nc(c(-c4c(F)ccc(F)c4F)c4ccc([nH]4)c(-c4c(F)ccc(F)c4F)c4nc(c(-c5c(F)ccc(F)c5F)c5ccc2[nH]5)C=C4)C=C3)c1F. The van der Waals surface area contributed by atoms with Crippen molar-refractivity contribution < 1.29 is 52.7 Å². The van der Waals surface area contributed by atoms with Gasteiger partial charge in [-0.05, 0) is 97.1 Å². The molecule has 16 heteroatoms. The molecule has 60 heavy (non-hydrogen) atoms. The zero-order valence-electron chi connectivity index (χ0n) is 29.7. The Kier molecular flexibility index (Phi) is 9.02. The smallest absolute Gasteiger partial charge is 0.169 e. The van der Waals surface area contributed by atoms with Gasteiger partial charge in [0.25, 0.3) is 0 Å². The topological polar surface area (TPSA) is 57.4 Å². The molecule has 0 amide bonds. The lowest BCUT2D eigenvalue weighted by atomic mass is 10.0. The van der Waals surface area contributed by atoms with Crippen LogP contribution >= 0.6 is 0 Å². The molecule has 3 aromatic heterocycles. The standard InChI is InChI=1S/C44H18F12N4/c45-17-1-5-21(49)41(53)33(17)37-25-9-11-27(57-25)38(34-18(46)2-6-22(50)42(34)54)29-13-15-31(59-29)40(36-20(48)4-8-24(52)44(36)56)32-16-14-30(60-32)39(28-12-10-26(37)58-28)35-19(47)3-7-23(51)43(35)55/h1-16,57,60H. The summed E-state index contributed by atoms with van der Waals surface area (Å²) in [4.78, 5) is 14.3. The first-order chi connectivity index (χ1) is 28.7. The molecule has 0 saturated carbocycles. The zero-order valence-corrected chi connectivity index (χ0v) is 29.7. The molecule has 9 rings (SSSR count). The minimum Gasteiger partial charge on any atom is -0.354 e. The predicted molar refractivity (Wildman–Crippen MR) is 200 cm³/mol. The van der Waals surface area contributed by atoms with E-state index in [1.54, 1.807) is 0 Å². The Hall–Kier alpha value is -7.36. The molecule has 4 nitrogen and oxygen atoms in total. The molecule has 7 aromatic rings. The Labute approximate surface area is 328 Å². The molecule has 0 atom stereocenters. The number of fused-ring (bicyclic) bond motifs is 8. The molecule has 0 unspecified atom stereocenters. The third-order valence-electron chi connectivity index (χ3n) is 9.93. The highest BCUT2D eigenvalue weighted by Gasteiger charge is 2.28. The lowest BCUT2D eigenvalue weighted by Crippen LogP contribution is -1.99. The van der Waals surface area contributed by atoms with E-state index in [0.717, 1.165) is 48.6 Å². The number of aromatic nitrogens is 4. The molecule has 0 radical (unpaired) electrons. The van der Waals surface area contributed by atoms with Crippen LogP contribution in [0, 0.1) is 69.8 Å². The van der Waals surface area contributed by atoms with Crippen molar-refractivity contribution in [1.82, 2.24) is 19.9 Å². The summed E-state index contributed by atoms with van der Waals surface area (Å²) in [6.45, 7) is 0. The van der Waals surface area contributed by atoms with Crippen molar-refractivity contribution in [2.24, 2.45) is 0 Å². The van der Waals surface area contributed by atoms with E-state index in [1.807, 2.05) is 0 Å². The summed E-state index contributed by atoms with van der Waals surface area (Å²) in [7, 11) is 0. The summed E-state index contributed by atoms with van der Waals surface area (Å²) in [5.74, 6) is -18.2. The van der Waals surface area contributed by atoms with Gasteiger partial charge in [0, 0.05) is 44.3 Å². The molecule has 5 heterocycles. The van der Waals surface area contributed by atoms with Crippen LogP contribution in [0.3, 0.4) is 0 Å². The van der Waals surface area contributed by atoms with Crippen molar-refractivity contribution in [2.75, 3.05) is 0 Å². The molecule has 2 aliphatic rings. The number of rotatable bonds is 4. The van der Waals surface area contributed by atoms with Crippen molar-refractivity contribution >= 4 is 46.4 Å². The van der Waals surface area contributed by atoms with E-state index in [2.05, 4.69) is 19.9 Å². The summed E-state index contributed by atoms with van der Waals surface area (Å²) >= 11 is 0. The number of hydrogen-bond donors (Lipinski definition) is 2. The normalized spacial score (nSPS) is 12.2. The largest absolute Gasteiger partial charge is 0.354 e. The molecular weight excluding hydrogens is 812 g/mol. The van der Waals surface area contributed by atoms with Crippen LogP contribution in [-0.4, -0.2) is 19.9 Å². The molecule has 0 fully saturated rings. The second-order valence-corrected chi connectivity index (χ2v) is 13.4. The maximum absolute atomic E-state index is 15.7. The van der Waals surface area contributed by atoms with E-state index in [0.29, 0.717) is 48.5 Å². The van der Waals surface area contributed by atoms with Gasteiger partial charge in [-0.3, -0.25) is 0 Å². The van der Waals surface area contributed by atoms with Gasteiger partial charge in [0.2, 0.25) is 0 Å². The Balaban J connectivity index is 1.56. The third-order valence-corrected chi connectivity index (χ3v) is 9.93. The highest BCUT2D eigenvalue weighted by molar-refractivity contribution is 6.00. The molecule has 0 saturated heterocycles. The maximum atomic E-state index is 15.7. The summed E-state index contributed by atoms with van der Waals surface area (Å²) in [6.07, 6.45) is 4.45. The molecule has 2 aliphatic heterocycles. The van der Waals surface area contributed by atoms with Gasteiger partial charge in [0.05, 0.1) is 45.0 Å². The van der Waals surface area contributed by atoms with E-state index < -0.39 is 137 Å². The minimum absolute atomic E-state index is 0.311. The lowest BCUT2D eigenvalue weighted by Gasteiger charge is -2.10. The van der Waals surface area contributed by atoms with Crippen LogP contribution < -0.4 is 0 Å². The number of nitrogens with zero attached hydrogens (tertiary/aromatic N) is 2. The lowest BCUT2D eigenvalue weighted by molar-refractivity contribution is 0.499. The Morgan fingerprint density at radius 3 is 0.667 bits per heavy atom. The number of H-pyrrole nitrogens is 2. The predicted octanol–water partition coefficient (Wildman–Crippen LogP) is 13.0. The van der Waals surface area contributed by atoms with Crippen molar-refractivity contribution in [2.45, 2.75) is 0 Å². The van der Waals surface area contributed by atoms with E-state index in [1.165, 1.54) is 0 Å². The van der Waals surface area contributed by atoms with Gasteiger partial charge >= 0.3 is 0 Å². The van der Waals surface area contributed by atoms with Gasteiger partial charge in [-0.1, -0.05) is 0 Å². The average molecular weight is 831 g/mol. The van der Waals surface area contributed by atoms with Crippen LogP contribution in [0.5, 0.6) is 0 Å². The van der Waals surface area contributed by atoms with Crippen LogP contribution in [0.25, 0.3) is 90.9 Å². The summed E-state index contributed by atoms with van der Waals surface area (Å²) in [6, 6.07) is 9.00. The van der Waals surface area contributed by atoms with Crippen molar-refractivity contribution in [3.05, 3.63) is 165 Å². The third kappa shape index (κ3) is 5.96. The Morgan fingerprint density at radius 2 is 0.450 bits per heavy atom. The maximum Gasteiger partial charge on any atom is 0.169 e. The fraction of sp³-hybridized carbons (Fsp3) is 0. The van der Waals surface area contributed by atoms with Gasteiger partial charge in [0.15, 0.2) is 46.5 Å². The molecule has 8 bridgehead atoms. The molecule has 4 aromatic carbocycles. The fourth-order valence-corrected chi connectivity index (χ4v) is 7.28. The van der Waals surface area contributed by atoms with Crippen LogP contribution in [0.1, 0.15) is 22.8 Å². The highest BCUT2D eigenvalue weighted by atomic mass is 19.2. The van der Waals surface area contributed by atoms with Crippen LogP contribution in [-0.2, 0) is 0 Å². The highest BCUT2D eigenvalue weighted by Crippen LogP contribution is 2.42. The Bertz CT molecular complexity index is 2830. The summed E-state index contributed by atoms with van der Waals surface area (Å²) < 4.78 is 185. The average Bonchev–Trinajstić information content (AvgIpc) is 4.07. The van der Waals surface area contributed by atoms with Crippen molar-refractivity contribution in [3.8, 4) is 44.5 Å². The first kappa shape index (κ1) is 38.2. The van der Waals surface area contributed by atoms with Gasteiger partial charge in [0.1, 0.15) is 23.3 Å². The quantitative estimate of drug-likeness (QED) is 0.137. The van der Waals surface area contributed by atoms with Crippen LogP contribution in [0.4, 0.5) is 52.7 Å². The minimum atomic E-state index is -1.71. The van der Waals surface area contributed by atoms with Crippen molar-refractivity contribution in [3.63, 3.8) is 0 Å². The number of aromatic amines is 2. The number of halogens is 12. The van der Waals surface area contributed by atoms with Crippen LogP contribution in [0.15, 0.2) is 72.8 Å². The molecule has 298 valence electrons. The first-order valence-corrected chi connectivity index (χ1v) is 17.4. The molecular formula is C44H18F12N4. The van der Waals surface area contributed by atoms with Crippen LogP contribution in [0.2, 0.25) is 0 Å². The molecule has 2 N–H and O–H groups in total. The second kappa shape index (κ2) is 14.2. The summed E-state index contributed by atoms with van der Waals surface area (Å²) in [5, 5.41) is 0. The van der Waals surface area contributed by atoms with E-state index in [9.17, 15) is 17.6 Å². The van der Waals surface area contributed by atoms with Gasteiger partial charge in [-0.15, -0.1) is 0 Å². The molecule has 0 aliphatic carbocycles. The van der Waals surface area contributed by atoms with Gasteiger partial charge < -0.3 is 9.97 Å². The number of hydrogen-bond acceptors (Lipinski definition) is 2.